The van der Waals surface area contributed by atoms with Crippen LogP contribution in [0.3, 0.4) is 0 Å². The molecule has 2 aromatic carbocycles. The summed E-state index contributed by atoms with van der Waals surface area (Å²) < 4.78 is 10.4. The lowest BCUT2D eigenvalue weighted by atomic mass is 10.1. The molecule has 0 saturated heterocycles. The van der Waals surface area contributed by atoms with E-state index in [1.807, 2.05) is 18.2 Å². The molecule has 0 aliphatic carbocycles. The Hall–Kier alpha value is -2.46. The van der Waals surface area contributed by atoms with Crippen LogP contribution in [0.4, 0.5) is 0 Å². The standard InChI is InChI=1S/C20H22ClNO3/c1-24-18-14-16(13-17(21)20(18)25-2)10-11-19(23)22-12-6-9-15-7-4-3-5-8-15/h3-5,7-8,10-11,13-14H,6,9,12H2,1-2H3,(H,22,23)/b11-10+. The van der Waals surface area contributed by atoms with Gasteiger partial charge in [0.2, 0.25) is 5.91 Å². The summed E-state index contributed by atoms with van der Waals surface area (Å²) in [5.41, 5.74) is 2.04. The van der Waals surface area contributed by atoms with Crippen LogP contribution in [-0.2, 0) is 11.2 Å². The van der Waals surface area contributed by atoms with E-state index in [0.29, 0.717) is 23.1 Å². The van der Waals surface area contributed by atoms with E-state index < -0.39 is 0 Å². The molecule has 2 rings (SSSR count). The molecule has 1 amide bonds. The SMILES string of the molecule is COc1cc(/C=C/C(=O)NCCCc2ccccc2)cc(Cl)c1OC. The Morgan fingerprint density at radius 3 is 2.60 bits per heavy atom. The topological polar surface area (TPSA) is 47.6 Å². The number of amides is 1. The number of ether oxygens (including phenoxy) is 2. The molecule has 0 spiro atoms. The van der Waals surface area contributed by atoms with Crippen LogP contribution in [0.2, 0.25) is 5.02 Å². The van der Waals surface area contributed by atoms with E-state index in [1.165, 1.54) is 18.7 Å². The molecule has 2 aromatic rings. The van der Waals surface area contributed by atoms with Gasteiger partial charge in [-0.1, -0.05) is 41.9 Å². The van der Waals surface area contributed by atoms with Crippen LogP contribution in [-0.4, -0.2) is 26.7 Å². The molecular formula is C20H22ClNO3. The largest absolute Gasteiger partial charge is 0.493 e. The van der Waals surface area contributed by atoms with E-state index in [0.717, 1.165) is 18.4 Å². The summed E-state index contributed by atoms with van der Waals surface area (Å²) in [6, 6.07) is 13.7. The summed E-state index contributed by atoms with van der Waals surface area (Å²) in [6.45, 7) is 0.630. The highest BCUT2D eigenvalue weighted by Crippen LogP contribution is 2.36. The number of halogens is 1. The number of rotatable bonds is 8. The molecule has 0 heterocycles. The maximum Gasteiger partial charge on any atom is 0.243 e. The zero-order chi connectivity index (χ0) is 18.1. The third-order valence-corrected chi connectivity index (χ3v) is 3.95. The molecule has 0 aliphatic rings. The van der Waals surface area contributed by atoms with Crippen molar-refractivity contribution >= 4 is 23.6 Å². The van der Waals surface area contributed by atoms with E-state index in [2.05, 4.69) is 17.4 Å². The minimum Gasteiger partial charge on any atom is -0.493 e. The number of carbonyl (C=O) groups excluding carboxylic acids is 1. The number of carbonyl (C=O) groups is 1. The zero-order valence-corrected chi connectivity index (χ0v) is 15.2. The first-order valence-corrected chi connectivity index (χ1v) is 8.43. The lowest BCUT2D eigenvalue weighted by Crippen LogP contribution is -2.22. The van der Waals surface area contributed by atoms with Crippen LogP contribution in [0.15, 0.2) is 48.5 Å². The van der Waals surface area contributed by atoms with Gasteiger partial charge in [0.25, 0.3) is 0 Å². The van der Waals surface area contributed by atoms with Gasteiger partial charge in [0.15, 0.2) is 11.5 Å². The number of nitrogens with one attached hydrogen (secondary N) is 1. The van der Waals surface area contributed by atoms with Crippen LogP contribution in [0, 0.1) is 0 Å². The van der Waals surface area contributed by atoms with Crippen molar-refractivity contribution in [3.8, 4) is 11.5 Å². The quantitative estimate of drug-likeness (QED) is 0.569. The number of hydrogen-bond acceptors (Lipinski definition) is 3. The molecule has 0 unspecified atom stereocenters. The maximum absolute atomic E-state index is 11.9. The average Bonchev–Trinajstić information content (AvgIpc) is 2.64. The smallest absolute Gasteiger partial charge is 0.243 e. The lowest BCUT2D eigenvalue weighted by Gasteiger charge is -2.10. The molecule has 0 atom stereocenters. The van der Waals surface area contributed by atoms with Crippen molar-refractivity contribution in [2.75, 3.05) is 20.8 Å². The molecular weight excluding hydrogens is 338 g/mol. The second kappa shape index (κ2) is 9.74. The van der Waals surface area contributed by atoms with Gasteiger partial charge in [-0.15, -0.1) is 0 Å². The molecule has 132 valence electrons. The highest BCUT2D eigenvalue weighted by molar-refractivity contribution is 6.32. The molecule has 5 heteroatoms. The van der Waals surface area contributed by atoms with Gasteiger partial charge in [-0.3, -0.25) is 4.79 Å². The fourth-order valence-electron chi connectivity index (χ4n) is 2.41. The molecule has 0 aliphatic heterocycles. The minimum atomic E-state index is -0.140. The normalized spacial score (nSPS) is 10.7. The van der Waals surface area contributed by atoms with Crippen molar-refractivity contribution < 1.29 is 14.3 Å². The maximum atomic E-state index is 11.9. The van der Waals surface area contributed by atoms with Crippen LogP contribution in [0.5, 0.6) is 11.5 Å². The van der Waals surface area contributed by atoms with E-state index in [1.54, 1.807) is 25.3 Å². The van der Waals surface area contributed by atoms with E-state index in [-0.39, 0.29) is 5.91 Å². The molecule has 0 radical (unpaired) electrons. The van der Waals surface area contributed by atoms with Gasteiger partial charge in [0.05, 0.1) is 19.2 Å². The highest BCUT2D eigenvalue weighted by Gasteiger charge is 2.09. The molecule has 1 N–H and O–H groups in total. The van der Waals surface area contributed by atoms with Gasteiger partial charge < -0.3 is 14.8 Å². The fraction of sp³-hybridized carbons (Fsp3) is 0.250. The summed E-state index contributed by atoms with van der Waals surface area (Å²) in [4.78, 5) is 11.9. The highest BCUT2D eigenvalue weighted by atomic mass is 35.5. The van der Waals surface area contributed by atoms with Crippen molar-refractivity contribution in [2.45, 2.75) is 12.8 Å². The van der Waals surface area contributed by atoms with E-state index in [9.17, 15) is 4.79 Å². The Kier molecular flexibility index (Phi) is 7.36. The lowest BCUT2D eigenvalue weighted by molar-refractivity contribution is -0.116. The average molecular weight is 360 g/mol. The molecule has 0 saturated carbocycles. The second-order valence-electron chi connectivity index (χ2n) is 5.45. The third-order valence-electron chi connectivity index (χ3n) is 3.67. The van der Waals surface area contributed by atoms with Gasteiger partial charge in [-0.05, 0) is 42.2 Å². The Morgan fingerprint density at radius 2 is 1.92 bits per heavy atom. The van der Waals surface area contributed by atoms with Gasteiger partial charge in [-0.2, -0.15) is 0 Å². The molecule has 25 heavy (non-hydrogen) atoms. The van der Waals surface area contributed by atoms with Gasteiger partial charge in [0, 0.05) is 12.6 Å². The minimum absolute atomic E-state index is 0.140. The Labute approximate surface area is 153 Å². The summed E-state index contributed by atoms with van der Waals surface area (Å²) in [7, 11) is 3.07. The molecule has 0 bridgehead atoms. The Bertz CT molecular complexity index is 729. The van der Waals surface area contributed by atoms with Crippen molar-refractivity contribution in [3.05, 3.63) is 64.7 Å². The Morgan fingerprint density at radius 1 is 1.16 bits per heavy atom. The first-order chi connectivity index (χ1) is 12.1. The van der Waals surface area contributed by atoms with Crippen LogP contribution in [0.1, 0.15) is 17.5 Å². The molecule has 4 nitrogen and oxygen atoms in total. The summed E-state index contributed by atoms with van der Waals surface area (Å²) in [6.07, 6.45) is 5.02. The van der Waals surface area contributed by atoms with Crippen LogP contribution >= 0.6 is 11.6 Å². The van der Waals surface area contributed by atoms with Gasteiger partial charge in [-0.25, -0.2) is 0 Å². The zero-order valence-electron chi connectivity index (χ0n) is 14.4. The summed E-state index contributed by atoms with van der Waals surface area (Å²) in [5, 5.41) is 3.31. The molecule has 0 aromatic heterocycles. The Balaban J connectivity index is 1.84. The van der Waals surface area contributed by atoms with E-state index in [4.69, 9.17) is 21.1 Å². The third kappa shape index (κ3) is 5.84. The predicted octanol–water partition coefficient (Wildman–Crippen LogP) is 4.12. The first-order valence-electron chi connectivity index (χ1n) is 8.05. The number of benzene rings is 2. The van der Waals surface area contributed by atoms with E-state index >= 15 is 0 Å². The van der Waals surface area contributed by atoms with Crippen LogP contribution in [0.25, 0.3) is 6.08 Å². The molecule has 0 fully saturated rings. The van der Waals surface area contributed by atoms with Crippen molar-refractivity contribution in [1.82, 2.24) is 5.32 Å². The summed E-state index contributed by atoms with van der Waals surface area (Å²) >= 11 is 6.15. The van der Waals surface area contributed by atoms with Crippen molar-refractivity contribution in [3.63, 3.8) is 0 Å². The first kappa shape index (κ1) is 18.9. The van der Waals surface area contributed by atoms with Crippen molar-refractivity contribution in [1.29, 1.82) is 0 Å². The van der Waals surface area contributed by atoms with Crippen LogP contribution < -0.4 is 14.8 Å². The summed E-state index contributed by atoms with van der Waals surface area (Å²) in [5.74, 6) is 0.864. The predicted molar refractivity (Wildman–Crippen MR) is 101 cm³/mol. The van der Waals surface area contributed by atoms with Crippen molar-refractivity contribution in [2.24, 2.45) is 0 Å². The van der Waals surface area contributed by atoms with Gasteiger partial charge >= 0.3 is 0 Å². The second-order valence-corrected chi connectivity index (χ2v) is 5.86. The number of hydrogen-bond donors (Lipinski definition) is 1. The number of methoxy groups -OCH3 is 2. The number of aryl methyl sites for hydroxylation is 1. The monoisotopic (exact) mass is 359 g/mol. The van der Waals surface area contributed by atoms with Gasteiger partial charge in [0.1, 0.15) is 0 Å². The fourth-order valence-corrected chi connectivity index (χ4v) is 2.71.